The molecule has 16 heavy (non-hydrogen) atoms. The summed E-state index contributed by atoms with van der Waals surface area (Å²) in [4.78, 5) is 15.3. The van der Waals surface area contributed by atoms with Crippen molar-refractivity contribution in [2.75, 3.05) is 0 Å². The van der Waals surface area contributed by atoms with Gasteiger partial charge in [0.25, 0.3) is 0 Å². The molecule has 0 bridgehead atoms. The SMILES string of the molecule is O=C(O)c1ccccc1-c1nc(CCl)cs1. The summed E-state index contributed by atoms with van der Waals surface area (Å²) in [6.45, 7) is 0. The van der Waals surface area contributed by atoms with Crippen molar-refractivity contribution in [3.05, 3.63) is 40.9 Å². The first-order valence-electron chi connectivity index (χ1n) is 4.55. The minimum absolute atomic E-state index is 0.262. The Morgan fingerprint density at radius 2 is 2.19 bits per heavy atom. The van der Waals surface area contributed by atoms with Gasteiger partial charge in [-0.25, -0.2) is 9.78 Å². The van der Waals surface area contributed by atoms with Crippen molar-refractivity contribution in [2.24, 2.45) is 0 Å². The highest BCUT2D eigenvalue weighted by atomic mass is 35.5. The highest BCUT2D eigenvalue weighted by Gasteiger charge is 2.13. The number of aromatic nitrogens is 1. The third kappa shape index (κ3) is 2.08. The maximum Gasteiger partial charge on any atom is 0.336 e. The first-order valence-corrected chi connectivity index (χ1v) is 5.97. The molecule has 2 rings (SSSR count). The zero-order valence-corrected chi connectivity index (χ0v) is 9.76. The van der Waals surface area contributed by atoms with Crippen molar-refractivity contribution < 1.29 is 9.90 Å². The number of halogens is 1. The van der Waals surface area contributed by atoms with Crippen LogP contribution in [0.15, 0.2) is 29.6 Å². The number of alkyl halides is 1. The van der Waals surface area contributed by atoms with Crippen molar-refractivity contribution in [1.29, 1.82) is 0 Å². The van der Waals surface area contributed by atoms with Gasteiger partial charge >= 0.3 is 5.97 Å². The molecular weight excluding hydrogens is 246 g/mol. The van der Waals surface area contributed by atoms with Crippen LogP contribution in [0.4, 0.5) is 0 Å². The predicted octanol–water partition coefficient (Wildman–Crippen LogP) is 3.25. The Labute approximate surface area is 101 Å². The second kappa shape index (κ2) is 4.63. The fourth-order valence-electron chi connectivity index (χ4n) is 1.35. The fraction of sp³-hybridized carbons (Fsp3) is 0.0909. The van der Waals surface area contributed by atoms with Gasteiger partial charge < -0.3 is 5.11 Å². The predicted molar refractivity (Wildman–Crippen MR) is 64.1 cm³/mol. The van der Waals surface area contributed by atoms with Crippen LogP contribution < -0.4 is 0 Å². The molecule has 0 saturated carbocycles. The Morgan fingerprint density at radius 3 is 2.81 bits per heavy atom. The molecule has 0 amide bonds. The number of hydrogen-bond donors (Lipinski definition) is 1. The van der Waals surface area contributed by atoms with Crippen molar-refractivity contribution in [2.45, 2.75) is 5.88 Å². The zero-order valence-electron chi connectivity index (χ0n) is 8.18. The zero-order chi connectivity index (χ0) is 11.5. The molecule has 82 valence electrons. The van der Waals surface area contributed by atoms with Gasteiger partial charge in [0.15, 0.2) is 0 Å². The molecular formula is C11H8ClNO2S. The lowest BCUT2D eigenvalue weighted by molar-refractivity contribution is 0.0697. The Hall–Kier alpha value is -1.39. The van der Waals surface area contributed by atoms with Gasteiger partial charge in [-0.1, -0.05) is 18.2 Å². The van der Waals surface area contributed by atoms with Gasteiger partial charge in [-0.15, -0.1) is 22.9 Å². The van der Waals surface area contributed by atoms with Gasteiger partial charge in [-0.2, -0.15) is 0 Å². The van der Waals surface area contributed by atoms with E-state index < -0.39 is 5.97 Å². The minimum atomic E-state index is -0.946. The number of benzene rings is 1. The van der Waals surface area contributed by atoms with Crippen LogP contribution in [-0.2, 0) is 5.88 Å². The second-order valence-electron chi connectivity index (χ2n) is 3.13. The molecule has 1 N–H and O–H groups in total. The third-order valence-electron chi connectivity index (χ3n) is 2.08. The first-order chi connectivity index (χ1) is 7.72. The van der Waals surface area contributed by atoms with E-state index in [1.54, 1.807) is 24.3 Å². The Bertz CT molecular complexity index is 524. The molecule has 0 spiro atoms. The lowest BCUT2D eigenvalue weighted by Crippen LogP contribution is -1.98. The number of carboxylic acid groups (broad SMARTS) is 1. The van der Waals surface area contributed by atoms with Crippen molar-refractivity contribution >= 4 is 28.9 Å². The number of nitrogens with zero attached hydrogens (tertiary/aromatic N) is 1. The molecule has 0 saturated heterocycles. The molecule has 3 nitrogen and oxygen atoms in total. The van der Waals surface area contributed by atoms with Gasteiger partial charge in [0.05, 0.1) is 17.1 Å². The smallest absolute Gasteiger partial charge is 0.336 e. The summed E-state index contributed by atoms with van der Waals surface area (Å²) in [7, 11) is 0. The maximum atomic E-state index is 11.0. The number of rotatable bonds is 3. The van der Waals surface area contributed by atoms with Crippen LogP contribution in [0.2, 0.25) is 0 Å². The molecule has 0 aliphatic rings. The summed E-state index contributed by atoms with van der Waals surface area (Å²) in [6, 6.07) is 6.81. The molecule has 1 aromatic heterocycles. The van der Waals surface area contributed by atoms with E-state index in [9.17, 15) is 4.79 Å². The molecule has 0 radical (unpaired) electrons. The van der Waals surface area contributed by atoms with E-state index in [1.165, 1.54) is 11.3 Å². The number of carboxylic acids is 1. The molecule has 0 fully saturated rings. The summed E-state index contributed by atoms with van der Waals surface area (Å²) in [5, 5.41) is 11.6. The maximum absolute atomic E-state index is 11.0. The van der Waals surface area contributed by atoms with E-state index >= 15 is 0 Å². The van der Waals surface area contributed by atoms with Crippen LogP contribution in [-0.4, -0.2) is 16.1 Å². The molecule has 0 aliphatic carbocycles. The lowest BCUT2D eigenvalue weighted by atomic mass is 10.1. The number of hydrogen-bond acceptors (Lipinski definition) is 3. The van der Waals surface area contributed by atoms with E-state index in [0.29, 0.717) is 16.5 Å². The monoisotopic (exact) mass is 253 g/mol. The van der Waals surface area contributed by atoms with Crippen LogP contribution in [0.5, 0.6) is 0 Å². The quantitative estimate of drug-likeness (QED) is 0.855. The fourth-order valence-corrected chi connectivity index (χ4v) is 2.44. The third-order valence-corrected chi connectivity index (χ3v) is 3.27. The largest absolute Gasteiger partial charge is 0.478 e. The van der Waals surface area contributed by atoms with E-state index in [-0.39, 0.29) is 5.56 Å². The molecule has 0 atom stereocenters. The normalized spacial score (nSPS) is 10.3. The molecule has 1 heterocycles. The van der Waals surface area contributed by atoms with E-state index in [4.69, 9.17) is 16.7 Å². The van der Waals surface area contributed by atoms with Gasteiger partial charge in [-0.3, -0.25) is 0 Å². The molecule has 2 aromatic rings. The number of aromatic carboxylic acids is 1. The van der Waals surface area contributed by atoms with E-state index in [0.717, 1.165) is 5.69 Å². The van der Waals surface area contributed by atoms with Gasteiger partial charge in [-0.05, 0) is 6.07 Å². The van der Waals surface area contributed by atoms with Crippen molar-refractivity contribution in [3.63, 3.8) is 0 Å². The highest BCUT2D eigenvalue weighted by Crippen LogP contribution is 2.27. The Morgan fingerprint density at radius 1 is 1.44 bits per heavy atom. The first kappa shape index (κ1) is 11.1. The summed E-state index contributed by atoms with van der Waals surface area (Å²) in [5.74, 6) is -0.607. The molecule has 0 unspecified atom stereocenters. The summed E-state index contributed by atoms with van der Waals surface area (Å²) >= 11 is 7.06. The van der Waals surface area contributed by atoms with Crippen LogP contribution in [0.1, 0.15) is 16.1 Å². The Kier molecular flexibility index (Phi) is 3.22. The lowest BCUT2D eigenvalue weighted by Gasteiger charge is -2.01. The topological polar surface area (TPSA) is 50.2 Å². The van der Waals surface area contributed by atoms with Gasteiger partial charge in [0.2, 0.25) is 0 Å². The van der Waals surface area contributed by atoms with Crippen LogP contribution >= 0.6 is 22.9 Å². The number of thiazole rings is 1. The van der Waals surface area contributed by atoms with Crippen LogP contribution in [0.3, 0.4) is 0 Å². The van der Waals surface area contributed by atoms with E-state index in [2.05, 4.69) is 4.98 Å². The highest BCUT2D eigenvalue weighted by molar-refractivity contribution is 7.13. The van der Waals surface area contributed by atoms with Crippen LogP contribution in [0, 0.1) is 0 Å². The Balaban J connectivity index is 2.50. The van der Waals surface area contributed by atoms with E-state index in [1.807, 2.05) is 5.38 Å². The minimum Gasteiger partial charge on any atom is -0.478 e. The standard InChI is InChI=1S/C11H8ClNO2S/c12-5-7-6-16-10(13-7)8-3-1-2-4-9(8)11(14)15/h1-4,6H,5H2,(H,14,15). The van der Waals surface area contributed by atoms with Crippen molar-refractivity contribution in [1.82, 2.24) is 4.98 Å². The number of carbonyl (C=O) groups is 1. The average Bonchev–Trinajstić information content (AvgIpc) is 2.77. The summed E-state index contributed by atoms with van der Waals surface area (Å²) in [6.07, 6.45) is 0. The molecule has 5 heteroatoms. The average molecular weight is 254 g/mol. The molecule has 1 aromatic carbocycles. The van der Waals surface area contributed by atoms with Crippen LogP contribution in [0.25, 0.3) is 10.6 Å². The molecule has 0 aliphatic heterocycles. The summed E-state index contributed by atoms with van der Waals surface area (Å²) in [5.41, 5.74) is 1.66. The van der Waals surface area contributed by atoms with Gasteiger partial charge in [0, 0.05) is 10.9 Å². The second-order valence-corrected chi connectivity index (χ2v) is 4.25. The van der Waals surface area contributed by atoms with Crippen molar-refractivity contribution in [3.8, 4) is 10.6 Å². The summed E-state index contributed by atoms with van der Waals surface area (Å²) < 4.78 is 0. The van der Waals surface area contributed by atoms with Gasteiger partial charge in [0.1, 0.15) is 5.01 Å².